The van der Waals surface area contributed by atoms with Gasteiger partial charge >= 0.3 is 0 Å². The Morgan fingerprint density at radius 1 is 1.08 bits per heavy atom. The lowest BCUT2D eigenvalue weighted by Crippen LogP contribution is -2.24. The van der Waals surface area contributed by atoms with Crippen molar-refractivity contribution in [3.05, 3.63) is 64.7 Å². The Morgan fingerprint density at radius 2 is 1.73 bits per heavy atom. The van der Waals surface area contributed by atoms with Crippen LogP contribution in [0, 0.1) is 25.7 Å². The lowest BCUT2D eigenvalue weighted by atomic mass is 10.1. The Labute approximate surface area is 155 Å². The summed E-state index contributed by atoms with van der Waals surface area (Å²) in [6.07, 6.45) is 0. The fourth-order valence-corrected chi connectivity index (χ4v) is 3.56. The first-order valence-corrected chi connectivity index (χ1v) is 9.56. The first kappa shape index (κ1) is 19.7. The Morgan fingerprint density at radius 3 is 2.35 bits per heavy atom. The van der Waals surface area contributed by atoms with Gasteiger partial charge in [-0.1, -0.05) is 24.0 Å². The molecule has 0 saturated carbocycles. The predicted octanol–water partition coefficient (Wildman–Crippen LogP) is 2.34. The molecule has 2 rings (SSSR count). The molecule has 0 saturated heterocycles. The maximum absolute atomic E-state index is 12.4. The van der Waals surface area contributed by atoms with Crippen LogP contribution in [0.15, 0.2) is 47.4 Å². The maximum atomic E-state index is 12.4. The second-order valence-electron chi connectivity index (χ2n) is 6.17. The van der Waals surface area contributed by atoms with Gasteiger partial charge in [0.25, 0.3) is 5.91 Å². The van der Waals surface area contributed by atoms with Crippen molar-refractivity contribution < 1.29 is 13.2 Å². The van der Waals surface area contributed by atoms with E-state index in [1.165, 1.54) is 4.90 Å². The Hall–Kier alpha value is -2.62. The van der Waals surface area contributed by atoms with Gasteiger partial charge in [0.15, 0.2) is 0 Å². The third-order valence-electron chi connectivity index (χ3n) is 3.75. The van der Waals surface area contributed by atoms with E-state index < -0.39 is 10.0 Å². The monoisotopic (exact) mass is 370 g/mol. The number of benzene rings is 2. The summed E-state index contributed by atoms with van der Waals surface area (Å²) in [5.74, 6) is 5.61. The van der Waals surface area contributed by atoms with E-state index in [4.69, 9.17) is 0 Å². The molecule has 2 aromatic carbocycles. The topological polar surface area (TPSA) is 66.5 Å². The number of amides is 1. The average molecular weight is 370 g/mol. The summed E-state index contributed by atoms with van der Waals surface area (Å²) in [5, 5.41) is 0. The zero-order valence-electron chi connectivity index (χ0n) is 15.3. The molecule has 0 aliphatic carbocycles. The number of aryl methyl sites for hydroxylation is 2. The maximum Gasteiger partial charge on any atom is 0.253 e. The summed E-state index contributed by atoms with van der Waals surface area (Å²) in [4.78, 5) is 13.6. The minimum atomic E-state index is -3.60. The van der Waals surface area contributed by atoms with Crippen LogP contribution in [0.4, 0.5) is 0 Å². The van der Waals surface area contributed by atoms with Crippen molar-refractivity contribution in [1.82, 2.24) is 9.62 Å². The van der Waals surface area contributed by atoms with Gasteiger partial charge in [-0.25, -0.2) is 8.42 Å². The summed E-state index contributed by atoms with van der Waals surface area (Å²) in [7, 11) is -0.213. The lowest BCUT2D eigenvalue weighted by Gasteiger charge is -2.09. The molecular formula is C20H22N2O3S. The molecule has 0 unspecified atom stereocenters. The molecule has 26 heavy (non-hydrogen) atoms. The number of sulfonamides is 1. The smallest absolute Gasteiger partial charge is 0.253 e. The molecule has 0 bridgehead atoms. The second-order valence-corrected chi connectivity index (χ2v) is 7.91. The van der Waals surface area contributed by atoms with Crippen LogP contribution in [-0.4, -0.2) is 39.9 Å². The number of hydrogen-bond acceptors (Lipinski definition) is 3. The third-order valence-corrected chi connectivity index (χ3v) is 5.30. The van der Waals surface area contributed by atoms with E-state index >= 15 is 0 Å². The third kappa shape index (κ3) is 4.94. The van der Waals surface area contributed by atoms with Gasteiger partial charge in [0, 0.05) is 25.2 Å². The van der Waals surface area contributed by atoms with Crippen LogP contribution < -0.4 is 4.72 Å². The van der Waals surface area contributed by atoms with Crippen LogP contribution in [0.3, 0.4) is 0 Å². The molecule has 0 heterocycles. The lowest BCUT2D eigenvalue weighted by molar-refractivity contribution is 0.0827. The fourth-order valence-electron chi connectivity index (χ4n) is 2.31. The van der Waals surface area contributed by atoms with Gasteiger partial charge in [-0.3, -0.25) is 4.79 Å². The number of nitrogens with zero attached hydrogens (tertiary/aromatic N) is 1. The van der Waals surface area contributed by atoms with Crippen molar-refractivity contribution in [2.24, 2.45) is 0 Å². The number of nitrogens with one attached hydrogen (secondary N) is 1. The molecule has 2 aromatic rings. The molecular weight excluding hydrogens is 348 g/mol. The minimum absolute atomic E-state index is 0.00803. The van der Waals surface area contributed by atoms with Crippen LogP contribution in [0.5, 0.6) is 0 Å². The van der Waals surface area contributed by atoms with Crippen molar-refractivity contribution in [3.63, 3.8) is 0 Å². The second kappa shape index (κ2) is 8.17. The van der Waals surface area contributed by atoms with Gasteiger partial charge in [0.1, 0.15) is 0 Å². The summed E-state index contributed by atoms with van der Waals surface area (Å²) < 4.78 is 27.3. The van der Waals surface area contributed by atoms with E-state index in [1.807, 2.05) is 13.0 Å². The highest BCUT2D eigenvalue weighted by Crippen LogP contribution is 2.16. The summed E-state index contributed by atoms with van der Waals surface area (Å²) in [6.45, 7) is 3.62. The van der Waals surface area contributed by atoms with Crippen LogP contribution in [-0.2, 0) is 10.0 Å². The molecule has 1 N–H and O–H groups in total. The molecule has 0 radical (unpaired) electrons. The zero-order valence-corrected chi connectivity index (χ0v) is 16.1. The highest BCUT2D eigenvalue weighted by molar-refractivity contribution is 7.89. The molecule has 1 amide bonds. The van der Waals surface area contributed by atoms with Gasteiger partial charge in [-0.2, -0.15) is 4.72 Å². The quantitative estimate of drug-likeness (QED) is 0.840. The van der Waals surface area contributed by atoms with E-state index in [-0.39, 0.29) is 17.3 Å². The van der Waals surface area contributed by atoms with E-state index in [1.54, 1.807) is 57.4 Å². The van der Waals surface area contributed by atoms with Gasteiger partial charge in [0.2, 0.25) is 10.0 Å². The first-order chi connectivity index (χ1) is 12.2. The SMILES string of the molecule is Cc1ccc(C)c(S(=O)(=O)NCC#Cc2ccc(C(=O)N(C)C)cc2)c1. The molecule has 0 aliphatic heterocycles. The van der Waals surface area contributed by atoms with Crippen LogP contribution in [0.2, 0.25) is 0 Å². The Bertz CT molecular complexity index is 966. The standard InChI is InChI=1S/C20H22N2O3S/c1-15-7-8-16(2)19(14-15)26(24,25)21-13-5-6-17-9-11-18(12-10-17)20(23)22(3)4/h7-12,14,21H,13H2,1-4H3. The van der Waals surface area contributed by atoms with E-state index in [0.717, 1.165) is 5.56 Å². The van der Waals surface area contributed by atoms with Gasteiger partial charge < -0.3 is 4.90 Å². The normalized spacial score (nSPS) is 10.8. The molecule has 0 fully saturated rings. The molecule has 0 atom stereocenters. The van der Waals surface area contributed by atoms with Crippen molar-refractivity contribution in [1.29, 1.82) is 0 Å². The minimum Gasteiger partial charge on any atom is -0.345 e. The summed E-state index contributed by atoms with van der Waals surface area (Å²) >= 11 is 0. The van der Waals surface area contributed by atoms with Crippen molar-refractivity contribution in [2.75, 3.05) is 20.6 Å². The fraction of sp³-hybridized carbons (Fsp3) is 0.250. The van der Waals surface area contributed by atoms with E-state index in [0.29, 0.717) is 16.7 Å². The largest absolute Gasteiger partial charge is 0.345 e. The number of carbonyl (C=O) groups excluding carboxylic acids is 1. The highest BCUT2D eigenvalue weighted by Gasteiger charge is 2.15. The molecule has 136 valence electrons. The Kier molecular flexibility index (Phi) is 6.19. The molecule has 0 aliphatic rings. The van der Waals surface area contributed by atoms with Crippen LogP contribution >= 0.6 is 0 Å². The van der Waals surface area contributed by atoms with Crippen molar-refractivity contribution >= 4 is 15.9 Å². The van der Waals surface area contributed by atoms with Crippen molar-refractivity contribution in [2.45, 2.75) is 18.7 Å². The number of rotatable bonds is 4. The number of carbonyl (C=O) groups is 1. The average Bonchev–Trinajstić information content (AvgIpc) is 2.60. The molecule has 0 spiro atoms. The van der Waals surface area contributed by atoms with Gasteiger partial charge in [-0.15, -0.1) is 0 Å². The number of hydrogen-bond donors (Lipinski definition) is 1. The Balaban J connectivity index is 2.04. The van der Waals surface area contributed by atoms with Crippen LogP contribution in [0.25, 0.3) is 0 Å². The molecule has 6 heteroatoms. The van der Waals surface area contributed by atoms with E-state index in [9.17, 15) is 13.2 Å². The first-order valence-electron chi connectivity index (χ1n) is 8.08. The zero-order chi connectivity index (χ0) is 19.3. The summed E-state index contributed by atoms with van der Waals surface area (Å²) in [6, 6.07) is 12.2. The van der Waals surface area contributed by atoms with Gasteiger partial charge in [0.05, 0.1) is 11.4 Å². The van der Waals surface area contributed by atoms with Crippen LogP contribution in [0.1, 0.15) is 27.0 Å². The highest BCUT2D eigenvalue weighted by atomic mass is 32.2. The van der Waals surface area contributed by atoms with Gasteiger partial charge in [-0.05, 0) is 55.3 Å². The molecule has 0 aromatic heterocycles. The predicted molar refractivity (Wildman–Crippen MR) is 102 cm³/mol. The van der Waals surface area contributed by atoms with E-state index in [2.05, 4.69) is 16.6 Å². The summed E-state index contributed by atoms with van der Waals surface area (Å²) in [5.41, 5.74) is 2.87. The van der Waals surface area contributed by atoms with Crippen molar-refractivity contribution in [3.8, 4) is 11.8 Å². The molecule has 5 nitrogen and oxygen atoms in total.